The monoisotopic (exact) mass is 284 g/mol. The Morgan fingerprint density at radius 3 is 2.71 bits per heavy atom. The zero-order chi connectivity index (χ0) is 14.8. The molecule has 3 rings (SSSR count). The molecule has 2 heterocycles. The molecule has 0 saturated heterocycles. The van der Waals surface area contributed by atoms with Gasteiger partial charge in [-0.1, -0.05) is 18.2 Å². The average molecular weight is 284 g/mol. The second kappa shape index (κ2) is 5.36. The number of aromatic nitrogens is 2. The number of carboxylic acid groups (broad SMARTS) is 1. The molecule has 0 spiro atoms. The summed E-state index contributed by atoms with van der Waals surface area (Å²) in [5, 5.41) is 9.17. The SMILES string of the molecule is O=C(O)C[C@@H](c1ccc(F)cc1)c1cnc2ccccn12. The second-order valence-corrected chi connectivity index (χ2v) is 4.81. The van der Waals surface area contributed by atoms with Crippen LogP contribution < -0.4 is 0 Å². The summed E-state index contributed by atoms with van der Waals surface area (Å²) in [5.41, 5.74) is 2.29. The van der Waals surface area contributed by atoms with Gasteiger partial charge in [-0.2, -0.15) is 0 Å². The maximum Gasteiger partial charge on any atom is 0.304 e. The predicted molar refractivity (Wildman–Crippen MR) is 75.7 cm³/mol. The molecule has 0 radical (unpaired) electrons. The van der Waals surface area contributed by atoms with E-state index in [4.69, 9.17) is 5.11 Å². The lowest BCUT2D eigenvalue weighted by Crippen LogP contribution is -2.10. The molecule has 0 aliphatic heterocycles. The number of nitrogens with zero attached hydrogens (tertiary/aromatic N) is 2. The highest BCUT2D eigenvalue weighted by atomic mass is 19.1. The molecule has 0 bridgehead atoms. The molecule has 0 aliphatic rings. The first-order valence-corrected chi connectivity index (χ1v) is 6.54. The lowest BCUT2D eigenvalue weighted by atomic mass is 9.93. The number of benzene rings is 1. The number of carboxylic acids is 1. The summed E-state index contributed by atoms with van der Waals surface area (Å²) in [4.78, 5) is 15.5. The van der Waals surface area contributed by atoms with E-state index in [9.17, 15) is 9.18 Å². The van der Waals surface area contributed by atoms with Gasteiger partial charge in [-0.3, -0.25) is 4.79 Å². The fourth-order valence-electron chi connectivity index (χ4n) is 2.47. The number of rotatable bonds is 4. The number of carbonyl (C=O) groups is 1. The zero-order valence-corrected chi connectivity index (χ0v) is 11.1. The Hall–Kier alpha value is -2.69. The number of hydrogen-bond donors (Lipinski definition) is 1. The van der Waals surface area contributed by atoms with E-state index in [1.54, 1.807) is 18.3 Å². The molecular weight excluding hydrogens is 271 g/mol. The van der Waals surface area contributed by atoms with E-state index in [1.807, 2.05) is 28.8 Å². The first kappa shape index (κ1) is 13.3. The Balaban J connectivity index is 2.11. The largest absolute Gasteiger partial charge is 0.481 e. The third-order valence-corrected chi connectivity index (χ3v) is 3.45. The van der Waals surface area contributed by atoms with Gasteiger partial charge in [0.1, 0.15) is 11.5 Å². The van der Waals surface area contributed by atoms with E-state index < -0.39 is 5.97 Å². The molecule has 21 heavy (non-hydrogen) atoms. The molecule has 0 unspecified atom stereocenters. The van der Waals surface area contributed by atoms with Gasteiger partial charge in [-0.05, 0) is 29.8 Å². The smallest absolute Gasteiger partial charge is 0.304 e. The van der Waals surface area contributed by atoms with Crippen LogP contribution in [0, 0.1) is 5.82 Å². The fourth-order valence-corrected chi connectivity index (χ4v) is 2.47. The molecule has 1 N–H and O–H groups in total. The van der Waals surface area contributed by atoms with Gasteiger partial charge in [0.2, 0.25) is 0 Å². The summed E-state index contributed by atoms with van der Waals surface area (Å²) < 4.78 is 14.9. The molecular formula is C16H13FN2O2. The zero-order valence-electron chi connectivity index (χ0n) is 11.1. The van der Waals surface area contributed by atoms with E-state index in [0.717, 1.165) is 16.9 Å². The highest BCUT2D eigenvalue weighted by Crippen LogP contribution is 2.28. The molecule has 4 nitrogen and oxygen atoms in total. The molecule has 1 aromatic carbocycles. The van der Waals surface area contributed by atoms with Crippen LogP contribution in [0.15, 0.2) is 54.9 Å². The van der Waals surface area contributed by atoms with E-state index in [1.165, 1.54) is 12.1 Å². The standard InChI is InChI=1S/C16H13FN2O2/c17-12-6-4-11(5-7-12)13(9-16(20)21)14-10-18-15-3-1-2-8-19(14)15/h1-8,10,13H,9H2,(H,20,21)/t13-/m0/s1. The lowest BCUT2D eigenvalue weighted by Gasteiger charge is -2.15. The van der Waals surface area contributed by atoms with Gasteiger partial charge in [0, 0.05) is 18.3 Å². The molecule has 106 valence electrons. The maximum absolute atomic E-state index is 13.1. The third-order valence-electron chi connectivity index (χ3n) is 3.45. The Bertz CT molecular complexity index is 780. The summed E-state index contributed by atoms with van der Waals surface area (Å²) in [6.07, 6.45) is 3.44. The first-order chi connectivity index (χ1) is 10.1. The van der Waals surface area contributed by atoms with Crippen molar-refractivity contribution in [2.75, 3.05) is 0 Å². The van der Waals surface area contributed by atoms with Crippen LogP contribution in [0.5, 0.6) is 0 Å². The highest BCUT2D eigenvalue weighted by Gasteiger charge is 2.21. The number of pyridine rings is 1. The quantitative estimate of drug-likeness (QED) is 0.801. The third kappa shape index (κ3) is 2.63. The van der Waals surface area contributed by atoms with Crippen LogP contribution in [0.3, 0.4) is 0 Å². The van der Waals surface area contributed by atoms with Gasteiger partial charge >= 0.3 is 5.97 Å². The Morgan fingerprint density at radius 2 is 2.00 bits per heavy atom. The van der Waals surface area contributed by atoms with E-state index >= 15 is 0 Å². The van der Waals surface area contributed by atoms with Gasteiger partial charge in [0.05, 0.1) is 12.1 Å². The summed E-state index contributed by atoms with van der Waals surface area (Å²) in [6.45, 7) is 0. The van der Waals surface area contributed by atoms with E-state index in [-0.39, 0.29) is 18.2 Å². The lowest BCUT2D eigenvalue weighted by molar-refractivity contribution is -0.137. The van der Waals surface area contributed by atoms with Crippen LogP contribution in [0.2, 0.25) is 0 Å². The van der Waals surface area contributed by atoms with Gasteiger partial charge in [0.15, 0.2) is 0 Å². The minimum atomic E-state index is -0.907. The van der Waals surface area contributed by atoms with Crippen molar-refractivity contribution in [1.82, 2.24) is 9.38 Å². The molecule has 0 saturated carbocycles. The summed E-state index contributed by atoms with van der Waals surface area (Å²) in [5.74, 6) is -1.62. The van der Waals surface area contributed by atoms with Gasteiger partial charge in [-0.15, -0.1) is 0 Å². The van der Waals surface area contributed by atoms with Crippen molar-refractivity contribution in [2.24, 2.45) is 0 Å². The molecule has 5 heteroatoms. The number of hydrogen-bond acceptors (Lipinski definition) is 2. The molecule has 2 aromatic heterocycles. The maximum atomic E-state index is 13.1. The summed E-state index contributed by atoms with van der Waals surface area (Å²) >= 11 is 0. The second-order valence-electron chi connectivity index (χ2n) is 4.81. The highest BCUT2D eigenvalue weighted by molar-refractivity contribution is 5.69. The Morgan fingerprint density at radius 1 is 1.24 bits per heavy atom. The van der Waals surface area contributed by atoms with Crippen molar-refractivity contribution in [3.63, 3.8) is 0 Å². The molecule has 0 fully saturated rings. The number of imidazole rings is 1. The summed E-state index contributed by atoms with van der Waals surface area (Å²) in [7, 11) is 0. The van der Waals surface area contributed by atoms with Crippen LogP contribution in [-0.4, -0.2) is 20.5 Å². The predicted octanol–water partition coefficient (Wildman–Crippen LogP) is 3.08. The number of fused-ring (bicyclic) bond motifs is 1. The van der Waals surface area contributed by atoms with Gasteiger partial charge < -0.3 is 9.51 Å². The van der Waals surface area contributed by atoms with Crippen molar-refractivity contribution in [1.29, 1.82) is 0 Å². The van der Waals surface area contributed by atoms with E-state index in [2.05, 4.69) is 4.98 Å². The normalized spacial score (nSPS) is 12.4. The fraction of sp³-hybridized carbons (Fsp3) is 0.125. The van der Waals surface area contributed by atoms with Crippen LogP contribution >= 0.6 is 0 Å². The van der Waals surface area contributed by atoms with Crippen molar-refractivity contribution in [2.45, 2.75) is 12.3 Å². The Kier molecular flexibility index (Phi) is 3.39. The molecule has 1 atom stereocenters. The van der Waals surface area contributed by atoms with Crippen molar-refractivity contribution in [3.8, 4) is 0 Å². The van der Waals surface area contributed by atoms with Crippen molar-refractivity contribution < 1.29 is 14.3 Å². The molecule has 0 amide bonds. The van der Waals surface area contributed by atoms with Gasteiger partial charge in [-0.25, -0.2) is 9.37 Å². The van der Waals surface area contributed by atoms with Gasteiger partial charge in [0.25, 0.3) is 0 Å². The van der Waals surface area contributed by atoms with Crippen molar-refractivity contribution >= 4 is 11.6 Å². The van der Waals surface area contributed by atoms with Crippen molar-refractivity contribution in [3.05, 3.63) is 71.9 Å². The van der Waals surface area contributed by atoms with Crippen LogP contribution in [0.25, 0.3) is 5.65 Å². The minimum absolute atomic E-state index is 0.0751. The number of halogens is 1. The molecule has 0 aliphatic carbocycles. The Labute approximate surface area is 120 Å². The van der Waals surface area contributed by atoms with Crippen LogP contribution in [0.1, 0.15) is 23.6 Å². The first-order valence-electron chi connectivity index (χ1n) is 6.54. The minimum Gasteiger partial charge on any atom is -0.481 e. The van der Waals surface area contributed by atoms with E-state index in [0.29, 0.717) is 0 Å². The van der Waals surface area contributed by atoms with Crippen LogP contribution in [-0.2, 0) is 4.79 Å². The number of aliphatic carboxylic acids is 1. The topological polar surface area (TPSA) is 54.6 Å². The molecule has 3 aromatic rings. The average Bonchev–Trinajstić information content (AvgIpc) is 2.89. The van der Waals surface area contributed by atoms with Crippen LogP contribution in [0.4, 0.5) is 4.39 Å². The summed E-state index contributed by atoms with van der Waals surface area (Å²) in [6, 6.07) is 11.5.